The van der Waals surface area contributed by atoms with Crippen LogP contribution in [0, 0.1) is 5.82 Å². The Hall–Kier alpha value is -1.46. The lowest BCUT2D eigenvalue weighted by Crippen LogP contribution is -2.23. The van der Waals surface area contributed by atoms with E-state index in [2.05, 4.69) is 26.2 Å². The molecule has 0 saturated carbocycles. The van der Waals surface area contributed by atoms with Gasteiger partial charge in [0.1, 0.15) is 11.0 Å². The van der Waals surface area contributed by atoms with E-state index in [1.54, 1.807) is 18.2 Å². The summed E-state index contributed by atoms with van der Waals surface area (Å²) in [4.78, 5) is 15.7. The van der Waals surface area contributed by atoms with Gasteiger partial charge < -0.3 is 5.32 Å². The van der Waals surface area contributed by atoms with Gasteiger partial charge in [0.05, 0.1) is 5.56 Å². The van der Waals surface area contributed by atoms with Crippen LogP contribution in [0.5, 0.6) is 0 Å². The third kappa shape index (κ3) is 3.52. The van der Waals surface area contributed by atoms with Crippen LogP contribution in [0.2, 0.25) is 5.15 Å². The Labute approximate surface area is 122 Å². The van der Waals surface area contributed by atoms with Crippen LogP contribution in [0.15, 0.2) is 41.0 Å². The lowest BCUT2D eigenvalue weighted by molar-refractivity contribution is 0.0950. The molecule has 1 aromatic carbocycles. The second-order valence-electron chi connectivity index (χ2n) is 3.76. The van der Waals surface area contributed by atoms with Crippen LogP contribution in [-0.2, 0) is 6.54 Å². The number of benzene rings is 1. The van der Waals surface area contributed by atoms with Crippen molar-refractivity contribution in [3.63, 3.8) is 0 Å². The third-order valence-electron chi connectivity index (χ3n) is 2.45. The maximum atomic E-state index is 13.1. The van der Waals surface area contributed by atoms with Gasteiger partial charge in [0, 0.05) is 17.2 Å². The molecule has 0 unspecified atom stereocenters. The first-order chi connectivity index (χ1) is 9.08. The number of carbonyl (C=O) groups excluding carboxylic acids is 1. The normalized spacial score (nSPS) is 10.3. The third-order valence-corrected chi connectivity index (χ3v) is 3.53. The lowest BCUT2D eigenvalue weighted by Gasteiger charge is -2.08. The largest absolute Gasteiger partial charge is 0.348 e. The van der Waals surface area contributed by atoms with E-state index in [1.165, 1.54) is 18.3 Å². The average Bonchev–Trinajstić information content (AvgIpc) is 2.40. The van der Waals surface area contributed by atoms with Crippen LogP contribution in [-0.4, -0.2) is 10.9 Å². The minimum atomic E-state index is -0.355. The molecule has 0 saturated heterocycles. The highest BCUT2D eigenvalue weighted by atomic mass is 79.9. The summed E-state index contributed by atoms with van der Waals surface area (Å²) in [5.41, 5.74) is 0.935. The summed E-state index contributed by atoms with van der Waals surface area (Å²) in [6.07, 6.45) is 1.50. The molecule has 0 aliphatic rings. The molecule has 0 atom stereocenters. The van der Waals surface area contributed by atoms with Crippen molar-refractivity contribution in [2.75, 3.05) is 0 Å². The summed E-state index contributed by atoms with van der Waals surface area (Å²) in [6.45, 7) is 0.197. The predicted molar refractivity (Wildman–Crippen MR) is 74.5 cm³/mol. The van der Waals surface area contributed by atoms with Crippen molar-refractivity contribution in [2.45, 2.75) is 6.54 Å². The number of hydrogen-bond donors (Lipinski definition) is 1. The first-order valence-corrected chi connectivity index (χ1v) is 6.57. The summed E-state index contributed by atoms with van der Waals surface area (Å²) < 4.78 is 13.8. The maximum Gasteiger partial charge on any atom is 0.254 e. The molecule has 1 amide bonds. The van der Waals surface area contributed by atoms with E-state index in [9.17, 15) is 9.18 Å². The minimum Gasteiger partial charge on any atom is -0.348 e. The molecular formula is C13H9BrClFN2O. The van der Waals surface area contributed by atoms with E-state index in [1.807, 2.05) is 0 Å². The summed E-state index contributed by atoms with van der Waals surface area (Å²) in [6, 6.07) is 7.49. The average molecular weight is 344 g/mol. The highest BCUT2D eigenvalue weighted by molar-refractivity contribution is 9.10. The molecule has 2 rings (SSSR count). The van der Waals surface area contributed by atoms with Gasteiger partial charge >= 0.3 is 0 Å². The Morgan fingerprint density at radius 3 is 2.95 bits per heavy atom. The molecule has 98 valence electrons. The van der Waals surface area contributed by atoms with Gasteiger partial charge in [-0.05, 0) is 35.9 Å². The number of rotatable bonds is 3. The quantitative estimate of drug-likeness (QED) is 0.866. The van der Waals surface area contributed by atoms with Crippen LogP contribution in [0.1, 0.15) is 15.9 Å². The fraction of sp³-hybridized carbons (Fsp3) is 0.0769. The smallest absolute Gasteiger partial charge is 0.254 e. The van der Waals surface area contributed by atoms with Gasteiger partial charge in [-0.1, -0.05) is 27.5 Å². The summed E-state index contributed by atoms with van der Waals surface area (Å²) in [7, 11) is 0. The number of aromatic nitrogens is 1. The molecule has 19 heavy (non-hydrogen) atoms. The van der Waals surface area contributed by atoms with E-state index < -0.39 is 0 Å². The van der Waals surface area contributed by atoms with Gasteiger partial charge in [-0.2, -0.15) is 0 Å². The van der Waals surface area contributed by atoms with Crippen molar-refractivity contribution < 1.29 is 9.18 Å². The van der Waals surface area contributed by atoms with E-state index in [0.717, 1.165) is 4.47 Å². The number of carbonyl (C=O) groups is 1. The number of halogens is 3. The van der Waals surface area contributed by atoms with Crippen molar-refractivity contribution in [1.82, 2.24) is 10.3 Å². The Bertz CT molecular complexity index is 621. The monoisotopic (exact) mass is 342 g/mol. The van der Waals surface area contributed by atoms with Gasteiger partial charge in [0.15, 0.2) is 0 Å². The second kappa shape index (κ2) is 6.12. The fourth-order valence-electron chi connectivity index (χ4n) is 1.50. The zero-order chi connectivity index (χ0) is 13.8. The van der Waals surface area contributed by atoms with Crippen LogP contribution >= 0.6 is 27.5 Å². The Kier molecular flexibility index (Phi) is 4.50. The Morgan fingerprint density at radius 2 is 2.21 bits per heavy atom. The standard InChI is InChI=1S/C13H9BrClFN2O/c14-11-4-3-9(16)6-8(11)7-18-13(19)10-2-1-5-17-12(10)15/h1-6H,7H2,(H,18,19). The maximum absolute atomic E-state index is 13.1. The van der Waals surface area contributed by atoms with Gasteiger partial charge in [0.25, 0.3) is 5.91 Å². The van der Waals surface area contributed by atoms with Crippen molar-refractivity contribution in [3.05, 3.63) is 63.1 Å². The van der Waals surface area contributed by atoms with E-state index in [0.29, 0.717) is 5.56 Å². The van der Waals surface area contributed by atoms with E-state index >= 15 is 0 Å². The van der Waals surface area contributed by atoms with Crippen molar-refractivity contribution >= 4 is 33.4 Å². The molecule has 0 aliphatic carbocycles. The second-order valence-corrected chi connectivity index (χ2v) is 4.97. The molecule has 6 heteroatoms. The molecule has 2 aromatic rings. The first-order valence-electron chi connectivity index (χ1n) is 5.40. The van der Waals surface area contributed by atoms with Crippen molar-refractivity contribution in [3.8, 4) is 0 Å². The SMILES string of the molecule is O=C(NCc1cc(F)ccc1Br)c1cccnc1Cl. The molecule has 1 aromatic heterocycles. The number of pyridine rings is 1. The van der Waals surface area contributed by atoms with Gasteiger partial charge in [-0.25, -0.2) is 9.37 Å². The number of nitrogens with one attached hydrogen (secondary N) is 1. The molecule has 1 N–H and O–H groups in total. The number of nitrogens with zero attached hydrogens (tertiary/aromatic N) is 1. The molecule has 3 nitrogen and oxygen atoms in total. The van der Waals surface area contributed by atoms with Gasteiger partial charge in [-0.3, -0.25) is 4.79 Å². The first kappa shape index (κ1) is 14.0. The van der Waals surface area contributed by atoms with Crippen molar-refractivity contribution in [2.24, 2.45) is 0 Å². The van der Waals surface area contributed by atoms with E-state index in [4.69, 9.17) is 11.6 Å². The number of hydrogen-bond acceptors (Lipinski definition) is 2. The number of amides is 1. The molecule has 0 fully saturated rings. The lowest BCUT2D eigenvalue weighted by atomic mass is 10.2. The van der Waals surface area contributed by atoms with Gasteiger partial charge in [-0.15, -0.1) is 0 Å². The molecule has 1 heterocycles. The zero-order valence-electron chi connectivity index (χ0n) is 9.66. The zero-order valence-corrected chi connectivity index (χ0v) is 12.0. The summed E-state index contributed by atoms with van der Waals surface area (Å²) >= 11 is 9.11. The molecule has 0 aliphatic heterocycles. The highest BCUT2D eigenvalue weighted by Gasteiger charge is 2.11. The van der Waals surface area contributed by atoms with Crippen molar-refractivity contribution in [1.29, 1.82) is 0 Å². The predicted octanol–water partition coefficient (Wildman–Crippen LogP) is 3.57. The van der Waals surface area contributed by atoms with Crippen LogP contribution in [0.4, 0.5) is 4.39 Å². The van der Waals surface area contributed by atoms with Crippen LogP contribution in [0.25, 0.3) is 0 Å². The molecule has 0 radical (unpaired) electrons. The Balaban J connectivity index is 2.09. The molecule has 0 bridgehead atoms. The highest BCUT2D eigenvalue weighted by Crippen LogP contribution is 2.18. The minimum absolute atomic E-state index is 0.137. The van der Waals surface area contributed by atoms with E-state index in [-0.39, 0.29) is 29.0 Å². The molecule has 0 spiro atoms. The Morgan fingerprint density at radius 1 is 1.42 bits per heavy atom. The summed E-state index contributed by atoms with van der Waals surface area (Å²) in [5, 5.41) is 2.80. The summed E-state index contributed by atoms with van der Waals surface area (Å²) in [5.74, 6) is -0.707. The molecular weight excluding hydrogens is 335 g/mol. The van der Waals surface area contributed by atoms with Crippen LogP contribution in [0.3, 0.4) is 0 Å². The van der Waals surface area contributed by atoms with Crippen LogP contribution < -0.4 is 5.32 Å². The van der Waals surface area contributed by atoms with Gasteiger partial charge in [0.2, 0.25) is 0 Å². The topological polar surface area (TPSA) is 42.0 Å². The fourth-order valence-corrected chi connectivity index (χ4v) is 2.10.